The molecule has 0 bridgehead atoms. The van der Waals surface area contributed by atoms with E-state index in [0.29, 0.717) is 23.0 Å². The SMILES string of the molecule is CC1(C)OB(c2ccc(C(F)(F)F)cc2C2=CCN(C(=O)O)CC2)OC1(C)C. The van der Waals surface area contributed by atoms with Crippen LogP contribution in [0.1, 0.15) is 45.2 Å². The molecule has 9 heteroatoms. The van der Waals surface area contributed by atoms with Gasteiger partial charge in [-0.1, -0.05) is 18.2 Å². The van der Waals surface area contributed by atoms with Gasteiger partial charge in [-0.2, -0.15) is 13.2 Å². The Morgan fingerprint density at radius 3 is 2.25 bits per heavy atom. The van der Waals surface area contributed by atoms with E-state index in [2.05, 4.69) is 0 Å². The van der Waals surface area contributed by atoms with Gasteiger partial charge < -0.3 is 19.3 Å². The van der Waals surface area contributed by atoms with Crippen LogP contribution in [-0.2, 0) is 15.5 Å². The Labute approximate surface area is 162 Å². The smallest absolute Gasteiger partial charge is 0.465 e. The van der Waals surface area contributed by atoms with Crippen LogP contribution in [0.5, 0.6) is 0 Å². The molecular formula is C19H23BF3NO4. The lowest BCUT2D eigenvalue weighted by Crippen LogP contribution is -2.41. The number of alkyl halides is 3. The number of hydrogen-bond acceptors (Lipinski definition) is 3. The zero-order valence-electron chi connectivity index (χ0n) is 16.3. The van der Waals surface area contributed by atoms with Crippen molar-refractivity contribution >= 4 is 24.2 Å². The van der Waals surface area contributed by atoms with Crippen LogP contribution in [0, 0.1) is 0 Å². The lowest BCUT2D eigenvalue weighted by molar-refractivity contribution is -0.137. The molecule has 1 aromatic rings. The van der Waals surface area contributed by atoms with E-state index in [4.69, 9.17) is 14.4 Å². The minimum atomic E-state index is -4.48. The van der Waals surface area contributed by atoms with Crippen LogP contribution in [0.4, 0.5) is 18.0 Å². The van der Waals surface area contributed by atoms with Crippen molar-refractivity contribution < 1.29 is 32.4 Å². The molecule has 1 saturated heterocycles. The Morgan fingerprint density at radius 2 is 1.79 bits per heavy atom. The number of halogens is 3. The predicted octanol–water partition coefficient (Wildman–Crippen LogP) is 3.77. The Kier molecular flexibility index (Phi) is 5.04. The average Bonchev–Trinajstić information content (AvgIpc) is 2.81. The summed E-state index contributed by atoms with van der Waals surface area (Å²) in [5.41, 5.74) is -0.449. The molecule has 5 nitrogen and oxygen atoms in total. The van der Waals surface area contributed by atoms with Gasteiger partial charge in [-0.15, -0.1) is 0 Å². The van der Waals surface area contributed by atoms with Gasteiger partial charge in [-0.05, 0) is 56.8 Å². The Hall–Kier alpha value is -2.00. The molecule has 0 spiro atoms. The molecule has 0 radical (unpaired) electrons. The zero-order valence-corrected chi connectivity index (χ0v) is 16.3. The lowest BCUT2D eigenvalue weighted by atomic mass is 9.73. The molecule has 1 aromatic carbocycles. The van der Waals surface area contributed by atoms with Crippen LogP contribution in [0.15, 0.2) is 24.3 Å². The van der Waals surface area contributed by atoms with Crippen molar-refractivity contribution in [1.82, 2.24) is 4.90 Å². The first-order valence-electron chi connectivity index (χ1n) is 9.06. The van der Waals surface area contributed by atoms with E-state index in [1.54, 1.807) is 6.08 Å². The molecule has 0 unspecified atom stereocenters. The third-order valence-corrected chi connectivity index (χ3v) is 5.71. The zero-order chi connectivity index (χ0) is 20.9. The van der Waals surface area contributed by atoms with E-state index < -0.39 is 36.2 Å². The van der Waals surface area contributed by atoms with E-state index in [1.807, 2.05) is 27.7 Å². The molecule has 1 amide bonds. The molecule has 2 heterocycles. The predicted molar refractivity (Wildman–Crippen MR) is 99.4 cm³/mol. The Balaban J connectivity index is 2.03. The van der Waals surface area contributed by atoms with Gasteiger partial charge in [0.1, 0.15) is 0 Å². The van der Waals surface area contributed by atoms with Crippen molar-refractivity contribution in [3.8, 4) is 0 Å². The van der Waals surface area contributed by atoms with Crippen LogP contribution >= 0.6 is 0 Å². The standard InChI is InChI=1S/C19H23BF3NO4/c1-17(2)18(3,4)28-20(27-17)15-6-5-13(19(21,22)23)11-14(15)12-7-9-24(10-8-12)16(25)26/h5-7,11H,8-10H2,1-4H3,(H,25,26). The van der Waals surface area contributed by atoms with Gasteiger partial charge in [-0.3, -0.25) is 0 Å². The largest absolute Gasteiger partial charge is 0.495 e. The van der Waals surface area contributed by atoms with Gasteiger partial charge >= 0.3 is 19.4 Å². The van der Waals surface area contributed by atoms with Crippen molar-refractivity contribution in [2.45, 2.75) is 51.5 Å². The molecular weight excluding hydrogens is 374 g/mol. The van der Waals surface area contributed by atoms with Gasteiger partial charge in [0.2, 0.25) is 0 Å². The summed E-state index contributed by atoms with van der Waals surface area (Å²) in [6.45, 7) is 7.86. The van der Waals surface area contributed by atoms with Gasteiger partial charge in [0.05, 0.1) is 16.8 Å². The average molecular weight is 397 g/mol. The minimum Gasteiger partial charge on any atom is -0.465 e. The second-order valence-electron chi connectivity index (χ2n) is 8.10. The quantitative estimate of drug-likeness (QED) is 0.772. The number of carbonyl (C=O) groups is 1. The van der Waals surface area contributed by atoms with E-state index >= 15 is 0 Å². The Morgan fingerprint density at radius 1 is 1.18 bits per heavy atom. The van der Waals surface area contributed by atoms with E-state index in [0.717, 1.165) is 12.1 Å². The van der Waals surface area contributed by atoms with Gasteiger partial charge in [-0.25, -0.2) is 4.79 Å². The molecule has 152 valence electrons. The molecule has 0 aliphatic carbocycles. The first-order chi connectivity index (χ1) is 12.8. The third-order valence-electron chi connectivity index (χ3n) is 5.71. The third kappa shape index (κ3) is 3.78. The van der Waals surface area contributed by atoms with Crippen molar-refractivity contribution in [3.05, 3.63) is 35.4 Å². The number of amides is 1. The fourth-order valence-electron chi connectivity index (χ4n) is 3.27. The number of rotatable bonds is 2. The van der Waals surface area contributed by atoms with Gasteiger partial charge in [0, 0.05) is 13.1 Å². The van der Waals surface area contributed by atoms with Crippen LogP contribution in [0.25, 0.3) is 5.57 Å². The van der Waals surface area contributed by atoms with Gasteiger partial charge in [0.25, 0.3) is 0 Å². The van der Waals surface area contributed by atoms with Crippen LogP contribution in [0.2, 0.25) is 0 Å². The number of nitrogens with zero attached hydrogens (tertiary/aromatic N) is 1. The van der Waals surface area contributed by atoms with Crippen LogP contribution in [0.3, 0.4) is 0 Å². The normalized spacial score (nSPS) is 21.6. The van der Waals surface area contributed by atoms with Crippen molar-refractivity contribution in [2.24, 2.45) is 0 Å². The van der Waals surface area contributed by atoms with Crippen LogP contribution in [-0.4, -0.2) is 47.5 Å². The molecule has 1 N–H and O–H groups in total. The van der Waals surface area contributed by atoms with E-state index in [1.165, 1.54) is 11.0 Å². The number of benzene rings is 1. The van der Waals surface area contributed by atoms with Gasteiger partial charge in [0.15, 0.2) is 0 Å². The monoisotopic (exact) mass is 397 g/mol. The molecule has 2 aliphatic heterocycles. The molecule has 2 aliphatic rings. The maximum atomic E-state index is 13.3. The number of hydrogen-bond donors (Lipinski definition) is 1. The van der Waals surface area contributed by atoms with E-state index in [-0.39, 0.29) is 13.1 Å². The van der Waals surface area contributed by atoms with Crippen LogP contribution < -0.4 is 5.46 Å². The summed E-state index contributed by atoms with van der Waals surface area (Å²) in [6, 6.07) is 3.52. The second-order valence-corrected chi connectivity index (χ2v) is 8.10. The summed E-state index contributed by atoms with van der Waals surface area (Å²) in [4.78, 5) is 12.3. The first kappa shape index (κ1) is 20.7. The second kappa shape index (κ2) is 6.81. The molecule has 0 atom stereocenters. The minimum absolute atomic E-state index is 0.129. The number of carboxylic acid groups (broad SMARTS) is 1. The summed E-state index contributed by atoms with van der Waals surface area (Å²) >= 11 is 0. The Bertz CT molecular complexity index is 804. The maximum absolute atomic E-state index is 13.3. The molecule has 0 aromatic heterocycles. The summed E-state index contributed by atoms with van der Waals surface area (Å²) in [5, 5.41) is 9.10. The lowest BCUT2D eigenvalue weighted by Gasteiger charge is -2.32. The molecule has 0 saturated carbocycles. The molecule has 3 rings (SSSR count). The van der Waals surface area contributed by atoms with E-state index in [9.17, 15) is 18.0 Å². The van der Waals surface area contributed by atoms with Crippen molar-refractivity contribution in [1.29, 1.82) is 0 Å². The summed E-state index contributed by atoms with van der Waals surface area (Å²) in [7, 11) is -0.805. The van der Waals surface area contributed by atoms with Crippen molar-refractivity contribution in [3.63, 3.8) is 0 Å². The highest BCUT2D eigenvalue weighted by molar-refractivity contribution is 6.63. The fraction of sp³-hybridized carbons (Fsp3) is 0.526. The highest BCUT2D eigenvalue weighted by Gasteiger charge is 2.52. The fourth-order valence-corrected chi connectivity index (χ4v) is 3.27. The summed E-state index contributed by atoms with van der Waals surface area (Å²) < 4.78 is 51.9. The first-order valence-corrected chi connectivity index (χ1v) is 9.06. The molecule has 1 fully saturated rings. The highest BCUT2D eigenvalue weighted by atomic mass is 19.4. The summed E-state index contributed by atoms with van der Waals surface area (Å²) in [5.74, 6) is 0. The summed E-state index contributed by atoms with van der Waals surface area (Å²) in [6.07, 6.45) is -3.56. The topological polar surface area (TPSA) is 59.0 Å². The highest BCUT2D eigenvalue weighted by Crippen LogP contribution is 2.38. The van der Waals surface area contributed by atoms with Crippen molar-refractivity contribution in [2.75, 3.05) is 13.1 Å². The maximum Gasteiger partial charge on any atom is 0.495 e. The molecule has 28 heavy (non-hydrogen) atoms.